The van der Waals surface area contributed by atoms with Gasteiger partial charge in [-0.1, -0.05) is 53.5 Å². The van der Waals surface area contributed by atoms with Crippen molar-refractivity contribution < 1.29 is 5.11 Å². The van der Waals surface area contributed by atoms with Gasteiger partial charge in [0, 0.05) is 0 Å². The molecule has 1 aromatic carbocycles. The van der Waals surface area contributed by atoms with Gasteiger partial charge in [-0.3, -0.25) is 0 Å². The van der Waals surface area contributed by atoms with Gasteiger partial charge in [0.2, 0.25) is 4.52 Å². The molecule has 0 fully saturated rings. The van der Waals surface area contributed by atoms with Gasteiger partial charge in [-0.05, 0) is 5.56 Å². The Kier molecular flexibility index (Phi) is 3.24. The molecule has 12 heavy (non-hydrogen) atoms. The second-order valence-electron chi connectivity index (χ2n) is 2.36. The van der Waals surface area contributed by atoms with E-state index >= 15 is 0 Å². The summed E-state index contributed by atoms with van der Waals surface area (Å²) in [7, 11) is 0. The summed E-state index contributed by atoms with van der Waals surface area (Å²) in [5, 5.41) is 8.32. The maximum atomic E-state index is 9.14. The minimum atomic E-state index is -1.93. The predicted molar refractivity (Wildman–Crippen MR) is 51.7 cm³/mol. The molecule has 1 nitrogen and oxygen atoms in total. The molecule has 4 heteroatoms. The third-order valence-electron chi connectivity index (χ3n) is 1.40. The molecule has 0 radical (unpaired) electrons. The van der Waals surface area contributed by atoms with Crippen molar-refractivity contribution in [3.63, 3.8) is 0 Å². The van der Waals surface area contributed by atoms with Crippen LogP contribution >= 0.6 is 34.8 Å². The normalized spacial score (nSPS) is 14.3. The van der Waals surface area contributed by atoms with Crippen LogP contribution in [0, 0.1) is 0 Å². The minimum Gasteiger partial charge on any atom is -0.361 e. The molecule has 0 saturated carbocycles. The summed E-state index contributed by atoms with van der Waals surface area (Å²) in [4.78, 5) is 0. The van der Waals surface area contributed by atoms with Crippen molar-refractivity contribution >= 4 is 34.8 Å². The van der Waals surface area contributed by atoms with E-state index < -0.39 is 9.90 Å². The fourth-order valence-corrected chi connectivity index (χ4v) is 1.22. The van der Waals surface area contributed by atoms with Gasteiger partial charge in [0.05, 0.1) is 0 Å². The smallest absolute Gasteiger partial charge is 0.235 e. The maximum absolute atomic E-state index is 9.14. The van der Waals surface area contributed by atoms with Crippen LogP contribution in [0.2, 0.25) is 0 Å². The van der Waals surface area contributed by atoms with E-state index in [-0.39, 0.29) is 0 Å². The first-order chi connectivity index (χ1) is 5.52. The van der Waals surface area contributed by atoms with Crippen molar-refractivity contribution in [3.05, 3.63) is 35.9 Å². The van der Waals surface area contributed by atoms with E-state index in [1.807, 2.05) is 6.07 Å². The van der Waals surface area contributed by atoms with Crippen molar-refractivity contribution in [2.75, 3.05) is 0 Å². The Balaban J connectivity index is 2.86. The first kappa shape index (κ1) is 10.1. The van der Waals surface area contributed by atoms with Crippen LogP contribution in [0.15, 0.2) is 30.3 Å². The average molecular weight is 226 g/mol. The van der Waals surface area contributed by atoms with Crippen LogP contribution < -0.4 is 0 Å². The molecule has 1 rings (SSSR count). The fourth-order valence-electron chi connectivity index (χ4n) is 0.823. The summed E-state index contributed by atoms with van der Waals surface area (Å²) in [5.41, 5.74) is 0.687. The van der Waals surface area contributed by atoms with Gasteiger partial charge in [0.15, 0.2) is 0 Å². The van der Waals surface area contributed by atoms with Gasteiger partial charge in [0.1, 0.15) is 5.38 Å². The molecule has 0 unspecified atom stereocenters. The number of halogens is 3. The third kappa shape index (κ3) is 2.53. The van der Waals surface area contributed by atoms with E-state index in [2.05, 4.69) is 0 Å². The van der Waals surface area contributed by atoms with Gasteiger partial charge in [-0.2, -0.15) is 0 Å². The van der Waals surface area contributed by atoms with Crippen molar-refractivity contribution in [3.8, 4) is 0 Å². The molecule has 0 bridgehead atoms. The summed E-state index contributed by atoms with van der Waals surface area (Å²) in [6, 6.07) is 8.92. The molecule has 0 saturated heterocycles. The first-order valence-corrected chi connectivity index (χ1v) is 4.50. The van der Waals surface area contributed by atoms with Crippen LogP contribution in [0.25, 0.3) is 0 Å². The van der Waals surface area contributed by atoms with Crippen LogP contribution in [0.3, 0.4) is 0 Å². The van der Waals surface area contributed by atoms with E-state index in [0.29, 0.717) is 5.56 Å². The Labute approximate surface area is 85.9 Å². The molecule has 0 spiro atoms. The Morgan fingerprint density at radius 1 is 1.17 bits per heavy atom. The maximum Gasteiger partial charge on any atom is 0.235 e. The van der Waals surface area contributed by atoms with E-state index in [1.165, 1.54) is 0 Å². The molecule has 0 aromatic heterocycles. The number of aliphatic hydroxyl groups is 1. The first-order valence-electron chi connectivity index (χ1n) is 3.31. The van der Waals surface area contributed by atoms with E-state index in [4.69, 9.17) is 39.9 Å². The monoisotopic (exact) mass is 224 g/mol. The second-order valence-corrected chi connectivity index (χ2v) is 4.14. The lowest BCUT2D eigenvalue weighted by atomic mass is 10.1. The summed E-state index contributed by atoms with van der Waals surface area (Å²) >= 11 is 16.6. The molecule has 0 heterocycles. The molecule has 0 aliphatic rings. The molecule has 66 valence electrons. The average Bonchev–Trinajstić information content (AvgIpc) is 2.03. The van der Waals surface area contributed by atoms with Crippen molar-refractivity contribution in [1.82, 2.24) is 0 Å². The van der Waals surface area contributed by atoms with Crippen molar-refractivity contribution in [2.24, 2.45) is 0 Å². The van der Waals surface area contributed by atoms with Gasteiger partial charge in [-0.25, -0.2) is 0 Å². The summed E-state index contributed by atoms with van der Waals surface area (Å²) in [6.45, 7) is 0. The van der Waals surface area contributed by atoms with Crippen LogP contribution in [0.1, 0.15) is 10.9 Å². The van der Waals surface area contributed by atoms with Gasteiger partial charge in [0.25, 0.3) is 0 Å². The number of hydrogen-bond acceptors (Lipinski definition) is 1. The number of alkyl halides is 3. The van der Waals surface area contributed by atoms with Gasteiger partial charge in [-0.15, -0.1) is 11.6 Å². The zero-order valence-corrected chi connectivity index (χ0v) is 8.31. The lowest BCUT2D eigenvalue weighted by Gasteiger charge is -2.18. The molecular formula is C8H7Cl3O. The zero-order chi connectivity index (χ0) is 9.19. The third-order valence-corrected chi connectivity index (χ3v) is 2.62. The van der Waals surface area contributed by atoms with Crippen LogP contribution in [0.5, 0.6) is 0 Å². The fraction of sp³-hybridized carbons (Fsp3) is 0.250. The topological polar surface area (TPSA) is 20.2 Å². The zero-order valence-electron chi connectivity index (χ0n) is 6.05. The lowest BCUT2D eigenvalue weighted by Crippen LogP contribution is -2.18. The molecule has 1 aromatic rings. The lowest BCUT2D eigenvalue weighted by molar-refractivity contribution is 0.209. The standard InChI is InChI=1S/C8H7Cl3O/c9-7(8(10,11)12)6-4-2-1-3-5-6/h1-5,7,12H/t7-/m0/s1. The highest BCUT2D eigenvalue weighted by Crippen LogP contribution is 2.38. The number of hydrogen-bond donors (Lipinski definition) is 1. The van der Waals surface area contributed by atoms with E-state index in [1.54, 1.807) is 24.3 Å². The number of benzene rings is 1. The van der Waals surface area contributed by atoms with E-state index in [0.717, 1.165) is 0 Å². The van der Waals surface area contributed by atoms with Crippen LogP contribution in [-0.4, -0.2) is 9.63 Å². The van der Waals surface area contributed by atoms with Crippen LogP contribution in [-0.2, 0) is 0 Å². The highest BCUT2D eigenvalue weighted by molar-refractivity contribution is 6.50. The number of rotatable bonds is 2. The quantitative estimate of drug-likeness (QED) is 0.767. The minimum absolute atomic E-state index is 0.687. The molecule has 1 atom stereocenters. The van der Waals surface area contributed by atoms with Crippen molar-refractivity contribution in [1.29, 1.82) is 0 Å². The molecule has 1 N–H and O–H groups in total. The second kappa shape index (κ2) is 3.84. The highest BCUT2D eigenvalue weighted by Gasteiger charge is 2.31. The van der Waals surface area contributed by atoms with Crippen molar-refractivity contribution in [2.45, 2.75) is 9.90 Å². The Morgan fingerprint density at radius 2 is 1.67 bits per heavy atom. The molecular weight excluding hydrogens is 218 g/mol. The summed E-state index contributed by atoms with van der Waals surface area (Å²) < 4.78 is -1.93. The molecule has 0 aliphatic heterocycles. The Morgan fingerprint density at radius 3 is 2.08 bits per heavy atom. The molecule has 0 aliphatic carbocycles. The van der Waals surface area contributed by atoms with Crippen LogP contribution in [0.4, 0.5) is 0 Å². The van der Waals surface area contributed by atoms with Gasteiger partial charge >= 0.3 is 0 Å². The summed E-state index contributed by atoms with van der Waals surface area (Å²) in [5.74, 6) is 0. The molecule has 0 amide bonds. The largest absolute Gasteiger partial charge is 0.361 e. The highest BCUT2D eigenvalue weighted by atomic mass is 35.5. The Hall–Kier alpha value is 0.0500. The SMILES string of the molecule is OC(Cl)(Cl)[C@@H](Cl)c1ccccc1. The predicted octanol–water partition coefficient (Wildman–Crippen LogP) is 3.09. The van der Waals surface area contributed by atoms with E-state index in [9.17, 15) is 0 Å². The Bertz CT molecular complexity index is 242. The van der Waals surface area contributed by atoms with Gasteiger partial charge < -0.3 is 5.11 Å². The summed E-state index contributed by atoms with van der Waals surface area (Å²) in [6.07, 6.45) is 0.